The van der Waals surface area contributed by atoms with Crippen molar-refractivity contribution in [2.24, 2.45) is 5.84 Å². The van der Waals surface area contributed by atoms with E-state index in [-0.39, 0.29) is 17.8 Å². The van der Waals surface area contributed by atoms with E-state index in [1.807, 2.05) is 6.92 Å². The summed E-state index contributed by atoms with van der Waals surface area (Å²) in [6.45, 7) is 6.20. The number of aliphatic hydroxyl groups is 1. The van der Waals surface area contributed by atoms with E-state index in [1.54, 1.807) is 0 Å². The number of aromatic nitrogens is 2. The average Bonchev–Trinajstić information content (AvgIpc) is 2.28. The summed E-state index contributed by atoms with van der Waals surface area (Å²) in [5.74, 6) is 6.35. The highest BCUT2D eigenvalue weighted by molar-refractivity contribution is 7.99. The molecular formula is C10H18N4OS. The van der Waals surface area contributed by atoms with Crippen molar-refractivity contribution in [1.82, 2.24) is 9.97 Å². The highest BCUT2D eigenvalue weighted by atomic mass is 32.2. The largest absolute Gasteiger partial charge is 0.395 e. The van der Waals surface area contributed by atoms with Crippen molar-refractivity contribution < 1.29 is 5.11 Å². The van der Waals surface area contributed by atoms with Crippen LogP contribution >= 0.6 is 11.8 Å². The smallest absolute Gasteiger partial charge is 0.147 e. The van der Waals surface area contributed by atoms with Gasteiger partial charge in [0.15, 0.2) is 0 Å². The molecule has 1 atom stereocenters. The second-order valence-electron chi connectivity index (χ2n) is 3.85. The molecule has 1 heterocycles. The van der Waals surface area contributed by atoms with Crippen molar-refractivity contribution in [3.8, 4) is 0 Å². The Bertz CT molecular complexity index is 346. The first-order valence-corrected chi connectivity index (χ1v) is 6.07. The number of nitrogens with one attached hydrogen (secondary N) is 1. The fourth-order valence-electron chi connectivity index (χ4n) is 1.34. The number of anilines is 1. The zero-order chi connectivity index (χ0) is 12.1. The van der Waals surface area contributed by atoms with Gasteiger partial charge in [-0.2, -0.15) is 0 Å². The van der Waals surface area contributed by atoms with E-state index >= 15 is 0 Å². The molecule has 0 aromatic carbocycles. The predicted molar refractivity (Wildman–Crippen MR) is 66.3 cm³/mol. The summed E-state index contributed by atoms with van der Waals surface area (Å²) in [5, 5.41) is 10.0. The molecule has 0 fully saturated rings. The van der Waals surface area contributed by atoms with Gasteiger partial charge in [-0.1, -0.05) is 20.8 Å². The molecule has 6 heteroatoms. The van der Waals surface area contributed by atoms with Gasteiger partial charge in [-0.3, -0.25) is 0 Å². The Hall–Kier alpha value is -0.850. The van der Waals surface area contributed by atoms with Gasteiger partial charge in [0, 0.05) is 10.8 Å². The molecule has 0 aliphatic carbocycles. The van der Waals surface area contributed by atoms with Crippen LogP contribution in [-0.2, 0) is 0 Å². The Morgan fingerprint density at radius 1 is 1.44 bits per heavy atom. The Kier molecular flexibility index (Phi) is 4.98. The van der Waals surface area contributed by atoms with Crippen LogP contribution < -0.4 is 11.3 Å². The number of aliphatic hydroxyl groups excluding tert-OH is 1. The number of hydrogen-bond acceptors (Lipinski definition) is 6. The zero-order valence-electron chi connectivity index (χ0n) is 9.77. The van der Waals surface area contributed by atoms with Crippen LogP contribution in [0.2, 0.25) is 0 Å². The molecule has 1 aromatic heterocycles. The van der Waals surface area contributed by atoms with Crippen molar-refractivity contribution in [3.05, 3.63) is 11.9 Å². The molecule has 0 saturated heterocycles. The van der Waals surface area contributed by atoms with E-state index in [2.05, 4.69) is 29.2 Å². The lowest BCUT2D eigenvalue weighted by Crippen LogP contribution is -2.14. The maximum Gasteiger partial charge on any atom is 0.147 e. The van der Waals surface area contributed by atoms with Crippen molar-refractivity contribution in [1.29, 1.82) is 0 Å². The Morgan fingerprint density at radius 3 is 2.62 bits per heavy atom. The molecule has 0 aliphatic heterocycles. The number of hydrazine groups is 1. The van der Waals surface area contributed by atoms with Crippen molar-refractivity contribution in [2.75, 3.05) is 12.0 Å². The molecule has 0 aliphatic rings. The lowest BCUT2D eigenvalue weighted by atomic mass is 10.1. The molecule has 1 aromatic rings. The van der Waals surface area contributed by atoms with E-state index in [0.717, 1.165) is 10.6 Å². The Morgan fingerprint density at radius 2 is 2.12 bits per heavy atom. The second kappa shape index (κ2) is 6.03. The number of thioether (sulfide) groups is 1. The summed E-state index contributed by atoms with van der Waals surface area (Å²) >= 11 is 1.53. The Balaban J connectivity index is 3.07. The number of nitrogens with zero attached hydrogens (tertiary/aromatic N) is 2. The molecular weight excluding hydrogens is 224 g/mol. The van der Waals surface area contributed by atoms with Gasteiger partial charge >= 0.3 is 0 Å². The maximum absolute atomic E-state index is 9.05. The number of nitrogens with two attached hydrogens (primary N) is 1. The van der Waals surface area contributed by atoms with E-state index in [4.69, 9.17) is 10.9 Å². The summed E-state index contributed by atoms with van der Waals surface area (Å²) in [6, 6.07) is 0. The van der Waals surface area contributed by atoms with Crippen LogP contribution in [0.3, 0.4) is 0 Å². The van der Waals surface area contributed by atoms with E-state index in [9.17, 15) is 0 Å². The highest BCUT2D eigenvalue weighted by Crippen LogP contribution is 2.32. The first kappa shape index (κ1) is 13.2. The SMILES string of the molecule is CC(CO)Sc1ncnc(NN)c1C(C)C. The lowest BCUT2D eigenvalue weighted by Gasteiger charge is -2.16. The molecule has 90 valence electrons. The molecule has 0 amide bonds. The second-order valence-corrected chi connectivity index (χ2v) is 5.28. The van der Waals surface area contributed by atoms with Crippen LogP contribution in [0.15, 0.2) is 11.4 Å². The number of nitrogen functional groups attached to an aromatic ring is 1. The standard InChI is InChI=1S/C10H18N4OS/c1-6(2)8-9(14-11)12-5-13-10(8)16-7(3)4-15/h5-7,15H,4,11H2,1-3H3,(H,12,13,14). The third-order valence-corrected chi connectivity index (χ3v) is 3.23. The van der Waals surface area contributed by atoms with Crippen LogP contribution in [0.4, 0.5) is 5.82 Å². The quantitative estimate of drug-likeness (QED) is 0.313. The highest BCUT2D eigenvalue weighted by Gasteiger charge is 2.16. The normalized spacial score (nSPS) is 12.9. The van der Waals surface area contributed by atoms with Crippen LogP contribution in [-0.4, -0.2) is 26.9 Å². The van der Waals surface area contributed by atoms with Gasteiger partial charge in [0.2, 0.25) is 0 Å². The zero-order valence-corrected chi connectivity index (χ0v) is 10.6. The summed E-state index contributed by atoms with van der Waals surface area (Å²) in [5.41, 5.74) is 3.58. The van der Waals surface area contributed by atoms with Gasteiger partial charge in [0.05, 0.1) is 6.61 Å². The van der Waals surface area contributed by atoms with E-state index in [1.165, 1.54) is 18.1 Å². The predicted octanol–water partition coefficient (Wildman–Crippen LogP) is 1.36. The molecule has 5 nitrogen and oxygen atoms in total. The number of hydrogen-bond donors (Lipinski definition) is 3. The molecule has 0 radical (unpaired) electrons. The topological polar surface area (TPSA) is 84.1 Å². The molecule has 0 spiro atoms. The minimum absolute atomic E-state index is 0.109. The van der Waals surface area contributed by atoms with Gasteiger partial charge < -0.3 is 10.5 Å². The van der Waals surface area contributed by atoms with Gasteiger partial charge in [-0.05, 0) is 5.92 Å². The van der Waals surface area contributed by atoms with Gasteiger partial charge in [0.25, 0.3) is 0 Å². The van der Waals surface area contributed by atoms with Crippen LogP contribution in [0.25, 0.3) is 0 Å². The molecule has 16 heavy (non-hydrogen) atoms. The number of rotatable bonds is 5. The monoisotopic (exact) mass is 242 g/mol. The van der Waals surface area contributed by atoms with E-state index < -0.39 is 0 Å². The molecule has 0 bridgehead atoms. The van der Waals surface area contributed by atoms with Gasteiger partial charge in [-0.15, -0.1) is 11.8 Å². The first-order chi connectivity index (χ1) is 7.60. The average molecular weight is 242 g/mol. The first-order valence-electron chi connectivity index (χ1n) is 5.19. The minimum atomic E-state index is 0.109. The van der Waals surface area contributed by atoms with Crippen molar-refractivity contribution >= 4 is 17.6 Å². The van der Waals surface area contributed by atoms with Crippen LogP contribution in [0.5, 0.6) is 0 Å². The molecule has 1 unspecified atom stereocenters. The summed E-state index contributed by atoms with van der Waals surface area (Å²) in [7, 11) is 0. The third-order valence-electron chi connectivity index (χ3n) is 2.13. The lowest BCUT2D eigenvalue weighted by molar-refractivity contribution is 0.300. The van der Waals surface area contributed by atoms with Crippen LogP contribution in [0.1, 0.15) is 32.3 Å². The van der Waals surface area contributed by atoms with Crippen molar-refractivity contribution in [2.45, 2.75) is 37.0 Å². The molecule has 1 rings (SSSR count). The molecule has 4 N–H and O–H groups in total. The van der Waals surface area contributed by atoms with E-state index in [0.29, 0.717) is 5.82 Å². The third kappa shape index (κ3) is 3.07. The van der Waals surface area contributed by atoms with Crippen molar-refractivity contribution in [3.63, 3.8) is 0 Å². The fourth-order valence-corrected chi connectivity index (χ4v) is 2.36. The minimum Gasteiger partial charge on any atom is -0.395 e. The summed E-state index contributed by atoms with van der Waals surface area (Å²) < 4.78 is 0. The Labute approximate surface area is 99.8 Å². The van der Waals surface area contributed by atoms with Gasteiger partial charge in [0.1, 0.15) is 17.2 Å². The van der Waals surface area contributed by atoms with Crippen LogP contribution in [0, 0.1) is 0 Å². The summed E-state index contributed by atoms with van der Waals surface area (Å²) in [4.78, 5) is 8.33. The fraction of sp³-hybridized carbons (Fsp3) is 0.600. The van der Waals surface area contributed by atoms with Gasteiger partial charge in [-0.25, -0.2) is 15.8 Å². The maximum atomic E-state index is 9.05. The summed E-state index contributed by atoms with van der Waals surface area (Å²) in [6.07, 6.45) is 1.48. The molecule has 0 saturated carbocycles.